The number of aryl methyl sites for hydroxylation is 1. The van der Waals surface area contributed by atoms with E-state index in [0.717, 1.165) is 56.9 Å². The van der Waals surface area contributed by atoms with Crippen molar-refractivity contribution in [3.63, 3.8) is 0 Å². The minimum atomic E-state index is -0.0561. The Morgan fingerprint density at radius 3 is 2.80 bits per heavy atom. The molecule has 0 amide bonds. The van der Waals surface area contributed by atoms with Gasteiger partial charge in [-0.05, 0) is 68.8 Å². The van der Waals surface area contributed by atoms with Crippen LogP contribution < -0.4 is 10.6 Å². The van der Waals surface area contributed by atoms with Crippen molar-refractivity contribution in [3.8, 4) is 0 Å². The summed E-state index contributed by atoms with van der Waals surface area (Å²) in [6.07, 6.45) is 6.83. The summed E-state index contributed by atoms with van der Waals surface area (Å²) in [6, 6.07) is 6.29. The van der Waals surface area contributed by atoms with E-state index in [2.05, 4.69) is 17.6 Å². The van der Waals surface area contributed by atoms with Gasteiger partial charge in [-0.1, -0.05) is 19.1 Å². The SMILES string of the molecule is CCCNCc1ccc(F)c(CCCCNC2CC2)c1. The van der Waals surface area contributed by atoms with E-state index in [9.17, 15) is 4.39 Å². The quantitative estimate of drug-likeness (QED) is 0.641. The molecule has 1 saturated carbocycles. The molecule has 0 aliphatic heterocycles. The summed E-state index contributed by atoms with van der Waals surface area (Å²) < 4.78 is 13.8. The largest absolute Gasteiger partial charge is 0.314 e. The van der Waals surface area contributed by atoms with Gasteiger partial charge in [0.05, 0.1) is 0 Å². The van der Waals surface area contributed by atoms with Crippen LogP contribution in [-0.2, 0) is 13.0 Å². The molecule has 2 N–H and O–H groups in total. The standard InChI is InChI=1S/C17H27FN2/c1-2-10-19-13-14-6-9-17(18)15(12-14)5-3-4-11-20-16-7-8-16/h6,9,12,16,19-20H,2-5,7-8,10-11,13H2,1H3. The molecule has 2 rings (SSSR count). The van der Waals surface area contributed by atoms with Crippen molar-refractivity contribution in [2.45, 2.75) is 58.0 Å². The van der Waals surface area contributed by atoms with Crippen LogP contribution in [-0.4, -0.2) is 19.1 Å². The van der Waals surface area contributed by atoms with E-state index in [1.54, 1.807) is 6.07 Å². The lowest BCUT2D eigenvalue weighted by Crippen LogP contribution is -2.17. The molecule has 0 spiro atoms. The normalized spacial score (nSPS) is 14.7. The Morgan fingerprint density at radius 1 is 1.20 bits per heavy atom. The number of nitrogens with one attached hydrogen (secondary N) is 2. The van der Waals surface area contributed by atoms with Crippen LogP contribution in [0.25, 0.3) is 0 Å². The highest BCUT2D eigenvalue weighted by Gasteiger charge is 2.19. The van der Waals surface area contributed by atoms with Gasteiger partial charge in [-0.15, -0.1) is 0 Å². The van der Waals surface area contributed by atoms with Gasteiger partial charge in [-0.3, -0.25) is 0 Å². The zero-order chi connectivity index (χ0) is 14.2. The molecule has 1 aromatic carbocycles. The predicted molar refractivity (Wildman–Crippen MR) is 82.4 cm³/mol. The Labute approximate surface area is 122 Å². The molecule has 1 fully saturated rings. The molecular formula is C17H27FN2. The van der Waals surface area contributed by atoms with E-state index in [-0.39, 0.29) is 5.82 Å². The molecule has 3 heteroatoms. The van der Waals surface area contributed by atoms with Crippen molar-refractivity contribution in [3.05, 3.63) is 35.1 Å². The van der Waals surface area contributed by atoms with Crippen molar-refractivity contribution in [1.82, 2.24) is 10.6 Å². The molecule has 0 unspecified atom stereocenters. The van der Waals surface area contributed by atoms with Gasteiger partial charge in [0.1, 0.15) is 5.82 Å². The van der Waals surface area contributed by atoms with E-state index < -0.39 is 0 Å². The molecule has 1 aliphatic rings. The minimum Gasteiger partial charge on any atom is -0.314 e. The van der Waals surface area contributed by atoms with Crippen molar-refractivity contribution >= 4 is 0 Å². The summed E-state index contributed by atoms with van der Waals surface area (Å²) in [5, 5.41) is 6.86. The van der Waals surface area contributed by atoms with Gasteiger partial charge in [-0.2, -0.15) is 0 Å². The summed E-state index contributed by atoms with van der Waals surface area (Å²) >= 11 is 0. The lowest BCUT2D eigenvalue weighted by Gasteiger charge is -2.08. The van der Waals surface area contributed by atoms with Gasteiger partial charge >= 0.3 is 0 Å². The minimum absolute atomic E-state index is 0.0561. The van der Waals surface area contributed by atoms with Crippen molar-refractivity contribution in [2.75, 3.05) is 13.1 Å². The van der Waals surface area contributed by atoms with Crippen LogP contribution in [0.5, 0.6) is 0 Å². The highest BCUT2D eigenvalue weighted by molar-refractivity contribution is 5.25. The summed E-state index contributed by atoms with van der Waals surface area (Å²) in [5.74, 6) is -0.0561. The van der Waals surface area contributed by atoms with E-state index in [0.29, 0.717) is 0 Å². The van der Waals surface area contributed by atoms with Crippen LogP contribution >= 0.6 is 0 Å². The third-order valence-corrected chi connectivity index (χ3v) is 3.75. The third kappa shape index (κ3) is 5.59. The first-order valence-electron chi connectivity index (χ1n) is 8.01. The Kier molecular flexibility index (Phi) is 6.48. The Morgan fingerprint density at radius 2 is 2.05 bits per heavy atom. The maximum absolute atomic E-state index is 13.8. The molecule has 1 aliphatic carbocycles. The van der Waals surface area contributed by atoms with E-state index in [1.165, 1.54) is 18.4 Å². The first-order valence-corrected chi connectivity index (χ1v) is 8.01. The summed E-state index contributed by atoms with van der Waals surface area (Å²) in [6.45, 7) is 5.08. The molecule has 0 radical (unpaired) electrons. The molecular weight excluding hydrogens is 251 g/mol. The zero-order valence-electron chi connectivity index (χ0n) is 12.6. The second-order valence-corrected chi connectivity index (χ2v) is 5.79. The molecule has 0 heterocycles. The van der Waals surface area contributed by atoms with Crippen LogP contribution in [0.3, 0.4) is 0 Å². The molecule has 20 heavy (non-hydrogen) atoms. The van der Waals surface area contributed by atoms with Crippen LogP contribution in [0.1, 0.15) is 50.2 Å². The molecule has 112 valence electrons. The highest BCUT2D eigenvalue weighted by Crippen LogP contribution is 2.18. The summed E-state index contributed by atoms with van der Waals surface area (Å²) in [5.41, 5.74) is 2.05. The fourth-order valence-corrected chi connectivity index (χ4v) is 2.37. The summed E-state index contributed by atoms with van der Waals surface area (Å²) in [7, 11) is 0. The van der Waals surface area contributed by atoms with Crippen LogP contribution in [0, 0.1) is 5.82 Å². The van der Waals surface area contributed by atoms with Crippen molar-refractivity contribution < 1.29 is 4.39 Å². The first kappa shape index (κ1) is 15.5. The monoisotopic (exact) mass is 278 g/mol. The number of rotatable bonds is 10. The molecule has 0 saturated heterocycles. The van der Waals surface area contributed by atoms with E-state index in [1.807, 2.05) is 12.1 Å². The van der Waals surface area contributed by atoms with Crippen molar-refractivity contribution in [2.24, 2.45) is 0 Å². The number of hydrogen-bond donors (Lipinski definition) is 2. The molecule has 0 atom stereocenters. The molecule has 0 aromatic heterocycles. The van der Waals surface area contributed by atoms with E-state index >= 15 is 0 Å². The Hall–Kier alpha value is -0.930. The lowest BCUT2D eigenvalue weighted by atomic mass is 10.0. The Bertz CT molecular complexity index is 402. The number of halogens is 1. The highest BCUT2D eigenvalue weighted by atomic mass is 19.1. The maximum Gasteiger partial charge on any atom is 0.126 e. The topological polar surface area (TPSA) is 24.1 Å². The maximum atomic E-state index is 13.8. The second kappa shape index (κ2) is 8.38. The third-order valence-electron chi connectivity index (χ3n) is 3.75. The van der Waals surface area contributed by atoms with Crippen LogP contribution in [0.4, 0.5) is 4.39 Å². The number of benzene rings is 1. The molecule has 0 bridgehead atoms. The zero-order valence-corrected chi connectivity index (χ0v) is 12.6. The van der Waals surface area contributed by atoms with Crippen LogP contribution in [0.2, 0.25) is 0 Å². The van der Waals surface area contributed by atoms with Gasteiger partial charge in [-0.25, -0.2) is 4.39 Å². The number of unbranched alkanes of at least 4 members (excludes halogenated alkanes) is 1. The molecule has 1 aromatic rings. The average molecular weight is 278 g/mol. The van der Waals surface area contributed by atoms with Gasteiger partial charge in [0, 0.05) is 12.6 Å². The van der Waals surface area contributed by atoms with Crippen LogP contribution in [0.15, 0.2) is 18.2 Å². The van der Waals surface area contributed by atoms with Gasteiger partial charge < -0.3 is 10.6 Å². The average Bonchev–Trinajstić information content (AvgIpc) is 3.26. The van der Waals surface area contributed by atoms with E-state index in [4.69, 9.17) is 0 Å². The fraction of sp³-hybridized carbons (Fsp3) is 0.647. The Balaban J connectivity index is 1.71. The first-order chi connectivity index (χ1) is 9.79. The summed E-state index contributed by atoms with van der Waals surface area (Å²) in [4.78, 5) is 0. The van der Waals surface area contributed by atoms with Gasteiger partial charge in [0.15, 0.2) is 0 Å². The number of hydrogen-bond acceptors (Lipinski definition) is 2. The van der Waals surface area contributed by atoms with Gasteiger partial charge in [0.25, 0.3) is 0 Å². The molecule has 2 nitrogen and oxygen atoms in total. The predicted octanol–water partition coefficient (Wildman–Crippen LogP) is 3.40. The lowest BCUT2D eigenvalue weighted by molar-refractivity contribution is 0.583. The second-order valence-electron chi connectivity index (χ2n) is 5.79. The fourth-order valence-electron chi connectivity index (χ4n) is 2.37. The smallest absolute Gasteiger partial charge is 0.126 e. The van der Waals surface area contributed by atoms with Gasteiger partial charge in [0.2, 0.25) is 0 Å². The van der Waals surface area contributed by atoms with Crippen molar-refractivity contribution in [1.29, 1.82) is 0 Å².